The van der Waals surface area contributed by atoms with Gasteiger partial charge < -0.3 is 9.84 Å². The normalized spacial score (nSPS) is 37.8. The highest BCUT2D eigenvalue weighted by molar-refractivity contribution is 5.71. The molecule has 1 saturated heterocycles. The van der Waals surface area contributed by atoms with E-state index in [1.807, 2.05) is 0 Å². The number of hydrogen-bond acceptors (Lipinski definition) is 3. The van der Waals surface area contributed by atoms with E-state index in [0.717, 1.165) is 12.5 Å². The zero-order valence-corrected chi connectivity index (χ0v) is 10.8. The molecular weight excluding hydrogens is 218 g/mol. The largest absolute Gasteiger partial charge is 0.481 e. The van der Waals surface area contributed by atoms with Crippen molar-refractivity contribution in [3.8, 4) is 0 Å². The zero-order chi connectivity index (χ0) is 12.4. The van der Waals surface area contributed by atoms with E-state index < -0.39 is 5.97 Å². The van der Waals surface area contributed by atoms with Gasteiger partial charge in [-0.1, -0.05) is 13.8 Å². The predicted molar refractivity (Wildman–Crippen MR) is 64.9 cm³/mol. The number of carbonyl (C=O) groups is 1. The molecule has 1 saturated carbocycles. The molecule has 1 aliphatic heterocycles. The summed E-state index contributed by atoms with van der Waals surface area (Å²) in [4.78, 5) is 13.6. The van der Waals surface area contributed by atoms with E-state index in [2.05, 4.69) is 18.7 Å². The Morgan fingerprint density at radius 2 is 2.18 bits per heavy atom. The minimum atomic E-state index is -0.711. The van der Waals surface area contributed by atoms with E-state index in [1.54, 1.807) is 0 Å². The predicted octanol–water partition coefficient (Wildman–Crippen LogP) is 1.60. The van der Waals surface area contributed by atoms with E-state index in [-0.39, 0.29) is 12.0 Å². The van der Waals surface area contributed by atoms with Gasteiger partial charge in [0.25, 0.3) is 0 Å². The first-order chi connectivity index (χ1) is 8.13. The molecule has 4 nitrogen and oxygen atoms in total. The minimum Gasteiger partial charge on any atom is -0.481 e. The highest BCUT2D eigenvalue weighted by atomic mass is 16.5. The van der Waals surface area contributed by atoms with Crippen molar-refractivity contribution >= 4 is 5.97 Å². The molecule has 0 aromatic carbocycles. The van der Waals surface area contributed by atoms with E-state index in [0.29, 0.717) is 19.3 Å². The van der Waals surface area contributed by atoms with Gasteiger partial charge in [-0.25, -0.2) is 0 Å². The van der Waals surface area contributed by atoms with Crippen molar-refractivity contribution in [2.75, 3.05) is 19.8 Å². The standard InChI is InChI=1S/C13H23NO3/c1-3-14(10-5-4-9(2)6-10)12-8-17-7-11(12)13(15)16/h9-12H,3-8H2,1-2H3,(H,15,16). The molecule has 0 radical (unpaired) electrons. The van der Waals surface area contributed by atoms with Crippen molar-refractivity contribution < 1.29 is 14.6 Å². The quantitative estimate of drug-likeness (QED) is 0.812. The summed E-state index contributed by atoms with van der Waals surface area (Å²) in [7, 11) is 0. The summed E-state index contributed by atoms with van der Waals surface area (Å²) in [5.74, 6) is -0.275. The van der Waals surface area contributed by atoms with Crippen LogP contribution >= 0.6 is 0 Å². The second-order valence-corrected chi connectivity index (χ2v) is 5.45. The third-order valence-corrected chi connectivity index (χ3v) is 4.29. The van der Waals surface area contributed by atoms with Crippen LogP contribution in [0, 0.1) is 11.8 Å². The van der Waals surface area contributed by atoms with Crippen LogP contribution in [0.5, 0.6) is 0 Å². The Hall–Kier alpha value is -0.610. The maximum Gasteiger partial charge on any atom is 0.310 e. The third-order valence-electron chi connectivity index (χ3n) is 4.29. The summed E-state index contributed by atoms with van der Waals surface area (Å²) >= 11 is 0. The number of rotatable bonds is 4. The number of ether oxygens (including phenoxy) is 1. The van der Waals surface area contributed by atoms with Gasteiger partial charge in [0.15, 0.2) is 0 Å². The fourth-order valence-corrected chi connectivity index (χ4v) is 3.35. The van der Waals surface area contributed by atoms with Crippen LogP contribution in [0.25, 0.3) is 0 Å². The average Bonchev–Trinajstić information content (AvgIpc) is 2.89. The Balaban J connectivity index is 2.04. The second kappa shape index (κ2) is 5.36. The molecule has 2 aliphatic rings. The van der Waals surface area contributed by atoms with Crippen molar-refractivity contribution in [2.45, 2.75) is 45.2 Å². The monoisotopic (exact) mass is 241 g/mol. The Labute approximate surface area is 103 Å². The molecule has 0 bridgehead atoms. The SMILES string of the molecule is CCN(C1CCC(C)C1)C1COCC1C(=O)O. The lowest BCUT2D eigenvalue weighted by Gasteiger charge is -2.34. The van der Waals surface area contributed by atoms with Gasteiger partial charge in [-0.3, -0.25) is 9.69 Å². The molecule has 4 atom stereocenters. The van der Waals surface area contributed by atoms with Crippen LogP contribution in [0.1, 0.15) is 33.1 Å². The van der Waals surface area contributed by atoms with E-state index in [1.165, 1.54) is 19.3 Å². The maximum atomic E-state index is 11.2. The summed E-state index contributed by atoms with van der Waals surface area (Å²) in [6, 6.07) is 0.636. The number of aliphatic carboxylic acids is 1. The second-order valence-electron chi connectivity index (χ2n) is 5.45. The molecule has 4 unspecified atom stereocenters. The molecule has 2 rings (SSSR count). The smallest absolute Gasteiger partial charge is 0.310 e. The summed E-state index contributed by atoms with van der Waals surface area (Å²) in [6.07, 6.45) is 3.68. The molecule has 17 heavy (non-hydrogen) atoms. The number of carboxylic acid groups (broad SMARTS) is 1. The van der Waals surface area contributed by atoms with Gasteiger partial charge in [-0.15, -0.1) is 0 Å². The first kappa shape index (κ1) is 12.8. The van der Waals surface area contributed by atoms with Crippen molar-refractivity contribution in [3.63, 3.8) is 0 Å². The molecule has 1 heterocycles. The molecule has 1 aliphatic carbocycles. The van der Waals surface area contributed by atoms with Gasteiger partial charge in [0, 0.05) is 12.1 Å². The van der Waals surface area contributed by atoms with Crippen molar-refractivity contribution in [1.29, 1.82) is 0 Å². The summed E-state index contributed by atoms with van der Waals surface area (Å²) in [5.41, 5.74) is 0. The van der Waals surface area contributed by atoms with Gasteiger partial charge >= 0.3 is 5.97 Å². The van der Waals surface area contributed by atoms with Gasteiger partial charge in [0.05, 0.1) is 19.1 Å². The fourth-order valence-electron chi connectivity index (χ4n) is 3.35. The van der Waals surface area contributed by atoms with Crippen molar-refractivity contribution in [2.24, 2.45) is 11.8 Å². The van der Waals surface area contributed by atoms with Gasteiger partial charge in [0.1, 0.15) is 0 Å². The number of hydrogen-bond donors (Lipinski definition) is 1. The molecule has 2 fully saturated rings. The van der Waals surface area contributed by atoms with Crippen molar-refractivity contribution in [1.82, 2.24) is 4.90 Å². The Morgan fingerprint density at radius 1 is 1.41 bits per heavy atom. The lowest BCUT2D eigenvalue weighted by atomic mass is 9.99. The molecular formula is C13H23NO3. The van der Waals surface area contributed by atoms with Crippen LogP contribution in [0.4, 0.5) is 0 Å². The van der Waals surface area contributed by atoms with Gasteiger partial charge in [-0.2, -0.15) is 0 Å². The molecule has 0 amide bonds. The van der Waals surface area contributed by atoms with Gasteiger partial charge in [-0.05, 0) is 31.7 Å². The van der Waals surface area contributed by atoms with E-state index >= 15 is 0 Å². The molecule has 4 heteroatoms. The Bertz CT molecular complexity index is 282. The first-order valence-electron chi connectivity index (χ1n) is 6.69. The van der Waals surface area contributed by atoms with Gasteiger partial charge in [0.2, 0.25) is 0 Å². The first-order valence-corrected chi connectivity index (χ1v) is 6.69. The van der Waals surface area contributed by atoms with Crippen LogP contribution in [0.15, 0.2) is 0 Å². The highest BCUT2D eigenvalue weighted by Crippen LogP contribution is 2.32. The average molecular weight is 241 g/mol. The summed E-state index contributed by atoms with van der Waals surface area (Å²) < 4.78 is 5.38. The van der Waals surface area contributed by atoms with Crippen LogP contribution in [-0.4, -0.2) is 47.8 Å². The van der Waals surface area contributed by atoms with Crippen LogP contribution < -0.4 is 0 Å². The molecule has 98 valence electrons. The number of carboxylic acids is 1. The molecule has 0 aromatic heterocycles. The lowest BCUT2D eigenvalue weighted by molar-refractivity contribution is -0.143. The van der Waals surface area contributed by atoms with Crippen LogP contribution in [0.3, 0.4) is 0 Å². The topological polar surface area (TPSA) is 49.8 Å². The summed E-state index contributed by atoms with van der Waals surface area (Å²) in [5, 5.41) is 9.22. The highest BCUT2D eigenvalue weighted by Gasteiger charge is 2.41. The van der Waals surface area contributed by atoms with Crippen molar-refractivity contribution in [3.05, 3.63) is 0 Å². The molecule has 0 aromatic rings. The number of nitrogens with zero attached hydrogens (tertiary/aromatic N) is 1. The Morgan fingerprint density at radius 3 is 2.71 bits per heavy atom. The Kier molecular flexibility index (Phi) is 4.05. The van der Waals surface area contributed by atoms with E-state index in [9.17, 15) is 9.90 Å². The van der Waals surface area contributed by atoms with E-state index in [4.69, 9.17) is 4.74 Å². The fraction of sp³-hybridized carbons (Fsp3) is 0.923. The minimum absolute atomic E-state index is 0.0767. The lowest BCUT2D eigenvalue weighted by Crippen LogP contribution is -2.47. The third kappa shape index (κ3) is 2.63. The summed E-state index contributed by atoms with van der Waals surface area (Å²) in [6.45, 7) is 6.29. The molecule has 1 N–H and O–H groups in total. The molecule has 0 spiro atoms. The zero-order valence-electron chi connectivity index (χ0n) is 10.8. The van der Waals surface area contributed by atoms with Crippen LogP contribution in [0.2, 0.25) is 0 Å². The number of likely N-dealkylation sites (N-methyl/N-ethyl adjacent to an activating group) is 1. The van der Waals surface area contributed by atoms with Crippen LogP contribution in [-0.2, 0) is 9.53 Å². The maximum absolute atomic E-state index is 11.2.